The Balaban J connectivity index is 1.82. The van der Waals surface area contributed by atoms with Gasteiger partial charge in [-0.3, -0.25) is 4.90 Å². The molecule has 1 saturated heterocycles. The molecule has 2 aromatic carbocycles. The van der Waals surface area contributed by atoms with E-state index in [-0.39, 0.29) is 6.79 Å². The van der Waals surface area contributed by atoms with Gasteiger partial charge in [-0.1, -0.05) is 36.7 Å². The van der Waals surface area contributed by atoms with Crippen molar-refractivity contribution in [2.24, 2.45) is 0 Å². The van der Waals surface area contributed by atoms with Crippen LogP contribution in [0.5, 0.6) is 11.5 Å². The van der Waals surface area contributed by atoms with Crippen LogP contribution in [-0.4, -0.2) is 23.8 Å². The second-order valence-electron chi connectivity index (χ2n) is 6.73. The fourth-order valence-corrected chi connectivity index (χ4v) is 3.90. The van der Waals surface area contributed by atoms with Crippen molar-refractivity contribution in [1.82, 2.24) is 4.90 Å². The molecule has 2 heterocycles. The standard InChI is InChI=1S/C21H18ClN3O3/c1-2-9-25-19(15-5-8-17-18(10-15)27-13-26-17)21(11-23,12-24)28-20(25)14-3-6-16(22)7-4-14/h3-8,10,19-20H,2,9,13H2,1H3. The second kappa shape index (κ2) is 7.33. The van der Waals surface area contributed by atoms with Crippen LogP contribution in [0.3, 0.4) is 0 Å². The molecule has 2 aromatic rings. The summed E-state index contributed by atoms with van der Waals surface area (Å²) in [7, 11) is 0. The average molecular weight is 396 g/mol. The Hall–Kier alpha value is -2.77. The van der Waals surface area contributed by atoms with Gasteiger partial charge in [-0.25, -0.2) is 0 Å². The molecular formula is C21H18ClN3O3. The van der Waals surface area contributed by atoms with Crippen LogP contribution >= 0.6 is 11.6 Å². The molecule has 6 nitrogen and oxygen atoms in total. The molecule has 0 amide bonds. The number of nitriles is 2. The zero-order valence-corrected chi connectivity index (χ0v) is 16.0. The molecule has 0 spiro atoms. The van der Waals surface area contributed by atoms with Crippen LogP contribution in [0.2, 0.25) is 5.02 Å². The van der Waals surface area contributed by atoms with E-state index in [0.717, 1.165) is 17.5 Å². The Labute approximate surface area is 168 Å². The Morgan fingerprint density at radius 3 is 2.43 bits per heavy atom. The predicted molar refractivity (Wildman–Crippen MR) is 102 cm³/mol. The molecule has 0 saturated carbocycles. The van der Waals surface area contributed by atoms with Crippen molar-refractivity contribution in [2.45, 2.75) is 31.2 Å². The van der Waals surface area contributed by atoms with Crippen molar-refractivity contribution in [2.75, 3.05) is 13.3 Å². The molecule has 2 unspecified atom stereocenters. The minimum Gasteiger partial charge on any atom is -0.454 e. The van der Waals surface area contributed by atoms with Crippen molar-refractivity contribution >= 4 is 11.6 Å². The number of nitrogens with zero attached hydrogens (tertiary/aromatic N) is 3. The van der Waals surface area contributed by atoms with Gasteiger partial charge in [0.15, 0.2) is 11.5 Å². The lowest BCUT2D eigenvalue weighted by atomic mass is 9.90. The summed E-state index contributed by atoms with van der Waals surface area (Å²) in [5, 5.41) is 20.5. The number of hydrogen-bond acceptors (Lipinski definition) is 6. The minimum absolute atomic E-state index is 0.160. The fourth-order valence-electron chi connectivity index (χ4n) is 3.78. The van der Waals surface area contributed by atoms with E-state index in [1.54, 1.807) is 18.2 Å². The van der Waals surface area contributed by atoms with E-state index < -0.39 is 17.9 Å². The van der Waals surface area contributed by atoms with Crippen LogP contribution in [-0.2, 0) is 4.74 Å². The molecule has 2 aliphatic rings. The van der Waals surface area contributed by atoms with Gasteiger partial charge in [0.1, 0.15) is 18.4 Å². The minimum atomic E-state index is -1.65. The normalized spacial score (nSPS) is 22.6. The van der Waals surface area contributed by atoms with Gasteiger partial charge < -0.3 is 14.2 Å². The van der Waals surface area contributed by atoms with E-state index in [2.05, 4.69) is 12.1 Å². The molecule has 4 rings (SSSR count). The zero-order chi connectivity index (χ0) is 19.7. The maximum Gasteiger partial charge on any atom is 0.262 e. The molecule has 0 N–H and O–H groups in total. The van der Waals surface area contributed by atoms with Crippen LogP contribution in [0.4, 0.5) is 0 Å². The molecule has 0 bridgehead atoms. The first-order valence-corrected chi connectivity index (χ1v) is 9.40. The lowest BCUT2D eigenvalue weighted by Crippen LogP contribution is -2.36. The van der Waals surface area contributed by atoms with Gasteiger partial charge in [0, 0.05) is 11.6 Å². The lowest BCUT2D eigenvalue weighted by Gasteiger charge is -2.29. The predicted octanol–water partition coefficient (Wildman–Crippen LogP) is 4.34. The molecule has 0 radical (unpaired) electrons. The SMILES string of the molecule is CCCN1C(c2ccc(Cl)cc2)OC(C#N)(C#N)C1c1ccc2c(c1)OCO2. The number of fused-ring (bicyclic) bond motifs is 1. The Morgan fingerprint density at radius 2 is 1.75 bits per heavy atom. The third-order valence-electron chi connectivity index (χ3n) is 5.00. The summed E-state index contributed by atoms with van der Waals surface area (Å²) in [4.78, 5) is 2.05. The molecule has 0 aromatic heterocycles. The quantitative estimate of drug-likeness (QED) is 0.766. The Bertz CT molecular complexity index is 950. The summed E-state index contributed by atoms with van der Waals surface area (Å²) in [6.07, 6.45) is 0.300. The highest BCUT2D eigenvalue weighted by Crippen LogP contribution is 2.50. The van der Waals surface area contributed by atoms with Crippen molar-refractivity contribution in [3.63, 3.8) is 0 Å². The van der Waals surface area contributed by atoms with Crippen LogP contribution in [0.25, 0.3) is 0 Å². The number of ether oxygens (including phenoxy) is 3. The third kappa shape index (κ3) is 2.96. The second-order valence-corrected chi connectivity index (χ2v) is 7.17. The van der Waals surface area contributed by atoms with E-state index in [1.165, 1.54) is 0 Å². The monoisotopic (exact) mass is 395 g/mol. The van der Waals surface area contributed by atoms with E-state index in [0.29, 0.717) is 23.1 Å². The van der Waals surface area contributed by atoms with Gasteiger partial charge in [0.05, 0.1) is 6.04 Å². The fraction of sp³-hybridized carbons (Fsp3) is 0.333. The lowest BCUT2D eigenvalue weighted by molar-refractivity contribution is -0.00905. The van der Waals surface area contributed by atoms with Gasteiger partial charge in [-0.15, -0.1) is 0 Å². The van der Waals surface area contributed by atoms with Gasteiger partial charge in [-0.05, 0) is 41.8 Å². The molecule has 0 aliphatic carbocycles. The van der Waals surface area contributed by atoms with Crippen LogP contribution in [0, 0.1) is 22.7 Å². The van der Waals surface area contributed by atoms with Crippen LogP contribution in [0.15, 0.2) is 42.5 Å². The molecule has 2 aliphatic heterocycles. The Morgan fingerprint density at radius 1 is 1.07 bits per heavy atom. The van der Waals surface area contributed by atoms with Crippen molar-refractivity contribution < 1.29 is 14.2 Å². The molecule has 28 heavy (non-hydrogen) atoms. The molecule has 1 fully saturated rings. The number of benzene rings is 2. The highest BCUT2D eigenvalue weighted by Gasteiger charge is 2.56. The number of hydrogen-bond donors (Lipinski definition) is 0. The van der Waals surface area contributed by atoms with Crippen molar-refractivity contribution in [1.29, 1.82) is 10.5 Å². The summed E-state index contributed by atoms with van der Waals surface area (Å²) in [6.45, 7) is 2.86. The average Bonchev–Trinajstić information content (AvgIpc) is 3.31. The van der Waals surface area contributed by atoms with Gasteiger partial charge in [-0.2, -0.15) is 10.5 Å². The van der Waals surface area contributed by atoms with Crippen molar-refractivity contribution in [3.05, 3.63) is 58.6 Å². The smallest absolute Gasteiger partial charge is 0.262 e. The largest absolute Gasteiger partial charge is 0.454 e. The van der Waals surface area contributed by atoms with Gasteiger partial charge >= 0.3 is 0 Å². The first-order chi connectivity index (χ1) is 13.6. The summed E-state index contributed by atoms with van der Waals surface area (Å²) in [6, 6.07) is 16.4. The van der Waals surface area contributed by atoms with Gasteiger partial charge in [0.2, 0.25) is 6.79 Å². The molecule has 7 heteroatoms. The van der Waals surface area contributed by atoms with Gasteiger partial charge in [0.25, 0.3) is 5.60 Å². The highest BCUT2D eigenvalue weighted by molar-refractivity contribution is 6.30. The number of halogens is 1. The van der Waals surface area contributed by atoms with Crippen LogP contribution in [0.1, 0.15) is 36.7 Å². The zero-order valence-electron chi connectivity index (χ0n) is 15.3. The third-order valence-corrected chi connectivity index (χ3v) is 5.25. The van der Waals surface area contributed by atoms with E-state index >= 15 is 0 Å². The summed E-state index contributed by atoms with van der Waals surface area (Å²) in [5.74, 6) is 1.26. The maximum atomic E-state index is 9.94. The van der Waals surface area contributed by atoms with E-state index in [9.17, 15) is 10.5 Å². The Kier molecular flexibility index (Phi) is 4.87. The molecule has 2 atom stereocenters. The van der Waals surface area contributed by atoms with Crippen LogP contribution < -0.4 is 9.47 Å². The first kappa shape index (κ1) is 18.6. The maximum absolute atomic E-state index is 9.94. The first-order valence-electron chi connectivity index (χ1n) is 9.03. The molecule has 142 valence electrons. The summed E-state index contributed by atoms with van der Waals surface area (Å²) < 4.78 is 17.0. The molecular weight excluding hydrogens is 378 g/mol. The van der Waals surface area contributed by atoms with Crippen molar-refractivity contribution in [3.8, 4) is 23.6 Å². The van der Waals surface area contributed by atoms with E-state index in [1.807, 2.05) is 36.1 Å². The number of rotatable bonds is 4. The topological polar surface area (TPSA) is 78.5 Å². The summed E-state index contributed by atoms with van der Waals surface area (Å²) >= 11 is 6.02. The summed E-state index contributed by atoms with van der Waals surface area (Å²) in [5.41, 5.74) is -0.0269. The highest BCUT2D eigenvalue weighted by atomic mass is 35.5. The van der Waals surface area contributed by atoms with E-state index in [4.69, 9.17) is 25.8 Å².